The van der Waals surface area contributed by atoms with Gasteiger partial charge >= 0.3 is 18.2 Å². The van der Waals surface area contributed by atoms with Gasteiger partial charge in [-0.25, -0.2) is 14.6 Å². The van der Waals surface area contributed by atoms with Crippen molar-refractivity contribution in [2.45, 2.75) is 58.4 Å². The van der Waals surface area contributed by atoms with Crippen LogP contribution in [-0.2, 0) is 9.53 Å². The van der Waals surface area contributed by atoms with Gasteiger partial charge in [0.15, 0.2) is 0 Å². The number of aromatic nitrogens is 2. The van der Waals surface area contributed by atoms with Gasteiger partial charge in [-0.3, -0.25) is 0 Å². The van der Waals surface area contributed by atoms with E-state index >= 15 is 0 Å². The topological polar surface area (TPSA) is 129 Å². The maximum atomic E-state index is 11.9. The van der Waals surface area contributed by atoms with Crippen molar-refractivity contribution < 1.29 is 37.3 Å². The Labute approximate surface area is 212 Å². The summed E-state index contributed by atoms with van der Waals surface area (Å²) >= 11 is 0. The minimum absolute atomic E-state index is 0.0805. The predicted molar refractivity (Wildman–Crippen MR) is 133 cm³/mol. The van der Waals surface area contributed by atoms with E-state index in [1.807, 2.05) is 73.9 Å². The Hall–Kier alpha value is -3.96. The number of halogens is 3. The van der Waals surface area contributed by atoms with Crippen molar-refractivity contribution in [1.29, 1.82) is 0 Å². The molecule has 9 nitrogen and oxygen atoms in total. The summed E-state index contributed by atoms with van der Waals surface area (Å²) in [5.41, 5.74) is 7.45. The second-order valence-corrected chi connectivity index (χ2v) is 8.99. The molecule has 37 heavy (non-hydrogen) atoms. The van der Waals surface area contributed by atoms with Gasteiger partial charge in [-0.05, 0) is 57.9 Å². The zero-order valence-corrected chi connectivity index (χ0v) is 21.0. The molecule has 0 saturated carbocycles. The van der Waals surface area contributed by atoms with E-state index < -0.39 is 23.8 Å². The number of alkyl carbamates (subject to hydrolysis) is 1. The number of nitrogens with two attached hydrogens (primary N) is 1. The summed E-state index contributed by atoms with van der Waals surface area (Å²) in [6.45, 7) is 8.10. The van der Waals surface area contributed by atoms with E-state index in [-0.39, 0.29) is 6.04 Å². The number of nitrogen functional groups attached to an aromatic ring is 1. The fourth-order valence-electron chi connectivity index (χ4n) is 3.33. The monoisotopic (exact) mass is 524 g/mol. The third-order valence-electron chi connectivity index (χ3n) is 4.89. The summed E-state index contributed by atoms with van der Waals surface area (Å²) in [6, 6.07) is 15.5. The van der Waals surface area contributed by atoms with Gasteiger partial charge in [0.25, 0.3) is 0 Å². The van der Waals surface area contributed by atoms with Crippen molar-refractivity contribution >= 4 is 29.0 Å². The molecule has 2 aromatic carbocycles. The van der Waals surface area contributed by atoms with Crippen molar-refractivity contribution in [2.24, 2.45) is 0 Å². The first-order chi connectivity index (χ1) is 17.2. The number of rotatable bonds is 7. The van der Waals surface area contributed by atoms with E-state index in [4.69, 9.17) is 25.1 Å². The molecule has 0 saturated heterocycles. The molecular weight excluding hydrogens is 493 g/mol. The summed E-state index contributed by atoms with van der Waals surface area (Å²) in [4.78, 5) is 25.3. The number of imidazole rings is 1. The number of alkyl halides is 3. The standard InChI is InChI=1S/C23H30N4O3.C2HF3O2/c1-5-16(13-14-25-22(28)30-23(2,3)4)27-20-15-18(11-12-19(20)26-21(27)24)29-17-9-7-6-8-10-17;3-2(4,5)1(6)7/h6-12,15-16H,5,13-14H2,1-4H3,(H2,24,26)(H,25,28);(H,6,7). The number of nitrogens with one attached hydrogen (secondary N) is 1. The van der Waals surface area contributed by atoms with Crippen molar-refractivity contribution in [3.8, 4) is 11.5 Å². The quantitative estimate of drug-likeness (QED) is 0.350. The molecule has 1 atom stereocenters. The van der Waals surface area contributed by atoms with Crippen LogP contribution >= 0.6 is 0 Å². The Bertz CT molecular complexity index is 1190. The number of hydrogen-bond acceptors (Lipinski definition) is 6. The number of benzene rings is 2. The van der Waals surface area contributed by atoms with Crippen molar-refractivity contribution in [3.05, 3.63) is 48.5 Å². The first-order valence-electron chi connectivity index (χ1n) is 11.5. The maximum absolute atomic E-state index is 11.9. The largest absolute Gasteiger partial charge is 0.490 e. The first-order valence-corrected chi connectivity index (χ1v) is 11.5. The number of nitrogens with zero attached hydrogens (tertiary/aromatic N) is 2. The number of carboxylic acid groups (broad SMARTS) is 1. The molecule has 12 heteroatoms. The molecule has 0 aliphatic carbocycles. The van der Waals surface area contributed by atoms with E-state index in [1.165, 1.54) is 0 Å². The molecule has 0 radical (unpaired) electrons. The highest BCUT2D eigenvalue weighted by atomic mass is 19.4. The van der Waals surface area contributed by atoms with Crippen molar-refractivity contribution in [3.63, 3.8) is 0 Å². The molecule has 1 unspecified atom stereocenters. The Morgan fingerprint density at radius 1 is 1.11 bits per heavy atom. The van der Waals surface area contributed by atoms with Gasteiger partial charge in [-0.15, -0.1) is 0 Å². The van der Waals surface area contributed by atoms with Crippen molar-refractivity contribution in [2.75, 3.05) is 12.3 Å². The third-order valence-corrected chi connectivity index (χ3v) is 4.89. The lowest BCUT2D eigenvalue weighted by atomic mass is 10.1. The van der Waals surface area contributed by atoms with Crippen LogP contribution in [0, 0.1) is 0 Å². The Balaban J connectivity index is 0.000000604. The third kappa shape index (κ3) is 9.21. The predicted octanol–water partition coefficient (Wildman–Crippen LogP) is 5.91. The lowest BCUT2D eigenvalue weighted by molar-refractivity contribution is -0.192. The molecular formula is C25H31F3N4O5. The number of para-hydroxylation sites is 1. The maximum Gasteiger partial charge on any atom is 0.490 e. The van der Waals surface area contributed by atoms with Gasteiger partial charge < -0.3 is 30.2 Å². The van der Waals surface area contributed by atoms with Gasteiger partial charge in [0.2, 0.25) is 5.95 Å². The minimum atomic E-state index is -5.08. The second-order valence-electron chi connectivity index (χ2n) is 8.99. The number of anilines is 1. The smallest absolute Gasteiger partial charge is 0.475 e. The number of hydrogen-bond donors (Lipinski definition) is 3. The molecule has 0 bridgehead atoms. The van der Waals surface area contributed by atoms with E-state index in [2.05, 4.69) is 17.2 Å². The average Bonchev–Trinajstić information content (AvgIpc) is 3.11. The highest BCUT2D eigenvalue weighted by Crippen LogP contribution is 2.31. The highest BCUT2D eigenvalue weighted by Gasteiger charge is 2.38. The number of carbonyl (C=O) groups excluding carboxylic acids is 1. The van der Waals surface area contributed by atoms with Crippen LogP contribution in [0.1, 0.15) is 46.6 Å². The van der Waals surface area contributed by atoms with Gasteiger partial charge in [0, 0.05) is 18.7 Å². The van der Waals surface area contributed by atoms with Crippen LogP contribution in [0.2, 0.25) is 0 Å². The SMILES string of the molecule is CCC(CCNC(=O)OC(C)(C)C)n1c(N)nc2ccc(Oc3ccccc3)cc21.O=C(O)C(F)(F)F. The van der Waals surface area contributed by atoms with Gasteiger partial charge in [-0.1, -0.05) is 25.1 Å². The minimum Gasteiger partial charge on any atom is -0.475 e. The fourth-order valence-corrected chi connectivity index (χ4v) is 3.33. The van der Waals surface area contributed by atoms with Crippen LogP contribution in [0.5, 0.6) is 11.5 Å². The zero-order valence-electron chi connectivity index (χ0n) is 21.0. The average molecular weight is 525 g/mol. The molecule has 3 rings (SSSR count). The summed E-state index contributed by atoms with van der Waals surface area (Å²) in [5, 5.41) is 9.94. The van der Waals surface area contributed by atoms with Gasteiger partial charge in [0.1, 0.15) is 17.1 Å². The Kier molecular flexibility index (Phi) is 9.75. The lowest BCUT2D eigenvalue weighted by Crippen LogP contribution is -2.33. The highest BCUT2D eigenvalue weighted by molar-refractivity contribution is 5.80. The number of amides is 1. The van der Waals surface area contributed by atoms with E-state index in [1.54, 1.807) is 0 Å². The van der Waals surface area contributed by atoms with E-state index in [0.29, 0.717) is 18.9 Å². The first kappa shape index (κ1) is 29.3. The molecule has 202 valence electrons. The van der Waals surface area contributed by atoms with E-state index in [0.717, 1.165) is 29.0 Å². The van der Waals surface area contributed by atoms with Crippen molar-refractivity contribution in [1.82, 2.24) is 14.9 Å². The molecule has 1 heterocycles. The van der Waals surface area contributed by atoms with Crippen LogP contribution in [0.25, 0.3) is 11.0 Å². The summed E-state index contributed by atoms with van der Waals surface area (Å²) in [7, 11) is 0. The van der Waals surface area contributed by atoms with Gasteiger partial charge in [0.05, 0.1) is 11.0 Å². The molecule has 0 fully saturated rings. The molecule has 0 spiro atoms. The summed E-state index contributed by atoms with van der Waals surface area (Å²) in [6.07, 6.45) is -3.95. The molecule has 1 aromatic heterocycles. The molecule has 1 amide bonds. The number of ether oxygens (including phenoxy) is 2. The van der Waals surface area contributed by atoms with E-state index in [9.17, 15) is 18.0 Å². The molecule has 4 N–H and O–H groups in total. The van der Waals surface area contributed by atoms with Gasteiger partial charge in [-0.2, -0.15) is 13.2 Å². The molecule has 0 aliphatic rings. The number of carboxylic acids is 1. The van der Waals surface area contributed by atoms with Crippen LogP contribution in [0.3, 0.4) is 0 Å². The molecule has 0 aliphatic heterocycles. The number of aliphatic carboxylic acids is 1. The lowest BCUT2D eigenvalue weighted by Gasteiger charge is -2.22. The van der Waals surface area contributed by atoms with Crippen LogP contribution in [0.15, 0.2) is 48.5 Å². The van der Waals surface area contributed by atoms with Crippen LogP contribution in [0.4, 0.5) is 23.9 Å². The number of carbonyl (C=O) groups is 2. The Morgan fingerprint density at radius 2 is 1.73 bits per heavy atom. The van der Waals surface area contributed by atoms with Crippen LogP contribution < -0.4 is 15.8 Å². The summed E-state index contributed by atoms with van der Waals surface area (Å²) < 4.78 is 45.0. The number of fused-ring (bicyclic) bond motifs is 1. The Morgan fingerprint density at radius 3 is 2.27 bits per heavy atom. The normalized spacial score (nSPS) is 12.3. The summed E-state index contributed by atoms with van der Waals surface area (Å²) in [5.74, 6) is -0.820. The fraction of sp³-hybridized carbons (Fsp3) is 0.400. The zero-order chi connectivity index (χ0) is 27.8. The van der Waals surface area contributed by atoms with Crippen LogP contribution in [-0.4, -0.2) is 45.0 Å². The molecule has 3 aromatic rings. The second kappa shape index (κ2) is 12.3.